The molecule has 0 radical (unpaired) electrons. The SMILES string of the molecule is CCC1CCC2CC(CN(C)C)CC2C1. The van der Waals surface area contributed by atoms with Gasteiger partial charge in [0.15, 0.2) is 0 Å². The lowest BCUT2D eigenvalue weighted by atomic mass is 9.75. The molecule has 4 atom stereocenters. The van der Waals surface area contributed by atoms with Gasteiger partial charge in [-0.1, -0.05) is 19.8 Å². The minimum atomic E-state index is 1.01. The van der Waals surface area contributed by atoms with Gasteiger partial charge in [0.1, 0.15) is 0 Å². The highest BCUT2D eigenvalue weighted by atomic mass is 15.1. The smallest absolute Gasteiger partial charge is 0.000377 e. The molecule has 2 saturated carbocycles. The van der Waals surface area contributed by atoms with Crippen molar-refractivity contribution >= 4 is 0 Å². The van der Waals surface area contributed by atoms with Crippen LogP contribution in [-0.2, 0) is 0 Å². The summed E-state index contributed by atoms with van der Waals surface area (Å²) >= 11 is 0. The van der Waals surface area contributed by atoms with Crippen LogP contribution in [0.5, 0.6) is 0 Å². The van der Waals surface area contributed by atoms with E-state index >= 15 is 0 Å². The van der Waals surface area contributed by atoms with E-state index in [1.807, 2.05) is 0 Å². The fraction of sp³-hybridized carbons (Fsp3) is 1.00. The molecular weight excluding hydrogens is 182 g/mol. The fourth-order valence-electron chi connectivity index (χ4n) is 4.01. The van der Waals surface area contributed by atoms with Gasteiger partial charge in [-0.25, -0.2) is 0 Å². The van der Waals surface area contributed by atoms with Gasteiger partial charge in [-0.3, -0.25) is 0 Å². The van der Waals surface area contributed by atoms with Gasteiger partial charge >= 0.3 is 0 Å². The molecule has 0 N–H and O–H groups in total. The van der Waals surface area contributed by atoms with Crippen molar-refractivity contribution in [2.45, 2.75) is 45.4 Å². The van der Waals surface area contributed by atoms with Crippen molar-refractivity contribution in [1.29, 1.82) is 0 Å². The summed E-state index contributed by atoms with van der Waals surface area (Å²) in [6.07, 6.45) is 9.07. The molecule has 0 saturated heterocycles. The van der Waals surface area contributed by atoms with Crippen molar-refractivity contribution in [1.82, 2.24) is 4.90 Å². The molecular formula is C14H27N. The van der Waals surface area contributed by atoms with Gasteiger partial charge in [0.05, 0.1) is 0 Å². The molecule has 1 heteroatoms. The van der Waals surface area contributed by atoms with E-state index < -0.39 is 0 Å². The summed E-state index contributed by atoms with van der Waals surface area (Å²) in [5.41, 5.74) is 0. The molecule has 0 heterocycles. The number of nitrogens with zero attached hydrogens (tertiary/aromatic N) is 1. The third-order valence-corrected chi connectivity index (χ3v) is 4.72. The second-order valence-electron chi connectivity index (χ2n) is 6.21. The Morgan fingerprint density at radius 2 is 1.60 bits per heavy atom. The molecule has 1 nitrogen and oxygen atoms in total. The lowest BCUT2D eigenvalue weighted by Crippen LogP contribution is -2.20. The molecule has 2 aliphatic carbocycles. The van der Waals surface area contributed by atoms with Crippen LogP contribution < -0.4 is 0 Å². The molecule has 0 amide bonds. The summed E-state index contributed by atoms with van der Waals surface area (Å²) in [6, 6.07) is 0. The highest BCUT2D eigenvalue weighted by Crippen LogP contribution is 2.47. The van der Waals surface area contributed by atoms with Gasteiger partial charge in [0, 0.05) is 6.54 Å². The van der Waals surface area contributed by atoms with Crippen molar-refractivity contribution in [2.75, 3.05) is 20.6 Å². The van der Waals surface area contributed by atoms with E-state index in [0.717, 1.165) is 23.7 Å². The summed E-state index contributed by atoms with van der Waals surface area (Å²) in [4.78, 5) is 2.37. The topological polar surface area (TPSA) is 3.24 Å². The fourth-order valence-corrected chi connectivity index (χ4v) is 4.01. The molecule has 15 heavy (non-hydrogen) atoms. The Hall–Kier alpha value is -0.0400. The zero-order chi connectivity index (χ0) is 10.8. The molecule has 2 rings (SSSR count). The Labute approximate surface area is 95.2 Å². The number of fused-ring (bicyclic) bond motifs is 1. The van der Waals surface area contributed by atoms with Crippen LogP contribution in [-0.4, -0.2) is 25.5 Å². The Kier molecular flexibility index (Phi) is 3.71. The normalized spacial score (nSPS) is 40.8. The van der Waals surface area contributed by atoms with E-state index in [1.54, 1.807) is 6.42 Å². The molecule has 0 spiro atoms. The van der Waals surface area contributed by atoms with Gasteiger partial charge in [0.2, 0.25) is 0 Å². The maximum absolute atomic E-state index is 2.37. The maximum atomic E-state index is 2.37. The quantitative estimate of drug-likeness (QED) is 0.688. The summed E-state index contributed by atoms with van der Waals surface area (Å²) in [6.45, 7) is 3.70. The van der Waals surface area contributed by atoms with Crippen LogP contribution in [0.25, 0.3) is 0 Å². The standard InChI is InChI=1S/C14H27N/c1-4-11-5-6-13-8-12(10-15(2)3)9-14(13)7-11/h11-14H,4-10H2,1-3H3. The molecule has 0 aromatic carbocycles. The van der Waals surface area contributed by atoms with Crippen LogP contribution in [0.3, 0.4) is 0 Å². The van der Waals surface area contributed by atoms with E-state index in [0.29, 0.717) is 0 Å². The highest BCUT2D eigenvalue weighted by molar-refractivity contribution is 4.89. The minimum Gasteiger partial charge on any atom is -0.309 e. The van der Waals surface area contributed by atoms with Gasteiger partial charge in [-0.05, 0) is 63.5 Å². The predicted octanol–water partition coefficient (Wildman–Crippen LogP) is 3.40. The second-order valence-corrected chi connectivity index (χ2v) is 6.21. The molecule has 0 aliphatic heterocycles. The molecule has 2 fully saturated rings. The van der Waals surface area contributed by atoms with Crippen LogP contribution in [0, 0.1) is 23.7 Å². The monoisotopic (exact) mass is 209 g/mol. The first-order valence-electron chi connectivity index (χ1n) is 6.83. The van der Waals surface area contributed by atoms with Gasteiger partial charge < -0.3 is 4.90 Å². The van der Waals surface area contributed by atoms with E-state index in [-0.39, 0.29) is 0 Å². The summed E-state index contributed by atoms with van der Waals surface area (Å²) < 4.78 is 0. The Morgan fingerprint density at radius 3 is 2.27 bits per heavy atom. The van der Waals surface area contributed by atoms with Crippen LogP contribution >= 0.6 is 0 Å². The summed E-state index contributed by atoms with van der Waals surface area (Å²) in [5.74, 6) is 4.25. The van der Waals surface area contributed by atoms with E-state index in [1.165, 1.54) is 38.6 Å². The van der Waals surface area contributed by atoms with Gasteiger partial charge in [-0.15, -0.1) is 0 Å². The minimum absolute atomic E-state index is 1.01. The zero-order valence-corrected chi connectivity index (χ0v) is 10.7. The lowest BCUT2D eigenvalue weighted by molar-refractivity contribution is 0.204. The Bertz CT molecular complexity index is 200. The van der Waals surface area contributed by atoms with Crippen molar-refractivity contribution in [3.63, 3.8) is 0 Å². The average Bonchev–Trinajstić information content (AvgIpc) is 2.57. The second kappa shape index (κ2) is 4.86. The van der Waals surface area contributed by atoms with E-state index in [4.69, 9.17) is 0 Å². The van der Waals surface area contributed by atoms with Crippen LogP contribution in [0.1, 0.15) is 45.4 Å². The Balaban J connectivity index is 1.84. The first-order chi connectivity index (χ1) is 7.19. The van der Waals surface area contributed by atoms with Crippen LogP contribution in [0.4, 0.5) is 0 Å². The third kappa shape index (κ3) is 2.75. The predicted molar refractivity (Wildman–Crippen MR) is 65.9 cm³/mol. The summed E-state index contributed by atoms with van der Waals surface area (Å²) in [5, 5.41) is 0. The van der Waals surface area contributed by atoms with E-state index in [9.17, 15) is 0 Å². The molecule has 4 unspecified atom stereocenters. The first kappa shape index (κ1) is 11.4. The molecule has 2 aliphatic rings. The Morgan fingerprint density at radius 1 is 0.933 bits per heavy atom. The zero-order valence-electron chi connectivity index (χ0n) is 10.7. The summed E-state index contributed by atoms with van der Waals surface area (Å²) in [7, 11) is 4.44. The number of rotatable bonds is 3. The largest absolute Gasteiger partial charge is 0.309 e. The third-order valence-electron chi connectivity index (χ3n) is 4.72. The van der Waals surface area contributed by atoms with Crippen LogP contribution in [0.15, 0.2) is 0 Å². The van der Waals surface area contributed by atoms with Crippen molar-refractivity contribution in [3.05, 3.63) is 0 Å². The van der Waals surface area contributed by atoms with Crippen LogP contribution in [0.2, 0.25) is 0 Å². The van der Waals surface area contributed by atoms with Gasteiger partial charge in [0.25, 0.3) is 0 Å². The highest BCUT2D eigenvalue weighted by Gasteiger charge is 2.37. The molecule has 0 bridgehead atoms. The van der Waals surface area contributed by atoms with Crippen molar-refractivity contribution in [3.8, 4) is 0 Å². The molecule has 88 valence electrons. The first-order valence-corrected chi connectivity index (χ1v) is 6.83. The van der Waals surface area contributed by atoms with Crippen molar-refractivity contribution in [2.24, 2.45) is 23.7 Å². The maximum Gasteiger partial charge on any atom is 0.000377 e. The number of hydrogen-bond acceptors (Lipinski definition) is 1. The van der Waals surface area contributed by atoms with Crippen molar-refractivity contribution < 1.29 is 0 Å². The number of hydrogen-bond donors (Lipinski definition) is 0. The van der Waals surface area contributed by atoms with Gasteiger partial charge in [-0.2, -0.15) is 0 Å². The molecule has 0 aromatic rings. The lowest BCUT2D eigenvalue weighted by Gasteiger charge is -2.31. The van der Waals surface area contributed by atoms with E-state index in [2.05, 4.69) is 25.9 Å². The molecule has 0 aromatic heterocycles. The average molecular weight is 209 g/mol.